The number of carbonyl (C=O) groups is 1. The summed E-state index contributed by atoms with van der Waals surface area (Å²) in [5.41, 5.74) is 6.86. The fraction of sp³-hybridized carbons (Fsp3) is 0.625. The second-order valence-electron chi connectivity index (χ2n) is 6.30. The van der Waals surface area contributed by atoms with Crippen LogP contribution in [0.3, 0.4) is 0 Å². The monoisotopic (exact) mass is 363 g/mol. The first-order valence-corrected chi connectivity index (χ1v) is 9.85. The Bertz CT molecular complexity index is 754. The number of aryl methyl sites for hydroxylation is 2. The van der Waals surface area contributed by atoms with Crippen molar-refractivity contribution in [1.29, 1.82) is 0 Å². The molecular formula is C16H25N7OS. The number of carbonyl (C=O) groups excluding carboxylic acids is 1. The minimum atomic E-state index is -0.398. The van der Waals surface area contributed by atoms with E-state index in [1.165, 1.54) is 0 Å². The van der Waals surface area contributed by atoms with Crippen molar-refractivity contribution in [1.82, 2.24) is 24.6 Å². The number of rotatable bonds is 5. The molecule has 8 nitrogen and oxygen atoms in total. The van der Waals surface area contributed by atoms with Gasteiger partial charge in [-0.3, -0.25) is 9.48 Å². The summed E-state index contributed by atoms with van der Waals surface area (Å²) in [5, 5.41) is 5.24. The normalized spacial score (nSPS) is 16.5. The van der Waals surface area contributed by atoms with Gasteiger partial charge in [-0.25, -0.2) is 9.97 Å². The number of aromatic nitrogens is 4. The number of fused-ring (bicyclic) bond motifs is 1. The molecule has 0 aliphatic carbocycles. The standard InChI is InChI=1S/C16H25N7OS/c1-11-19-14-12(10-18-21(14)2)15(20-11)22-5-7-23(8-6-22)16(24)13(17)4-9-25-3/h10,13H,4-9,17H2,1-3H3/t13-/m0/s1. The van der Waals surface area contributed by atoms with E-state index in [-0.39, 0.29) is 5.91 Å². The molecule has 1 saturated heterocycles. The Morgan fingerprint density at radius 2 is 2.04 bits per heavy atom. The van der Waals surface area contributed by atoms with Crippen molar-refractivity contribution in [2.45, 2.75) is 19.4 Å². The third-order valence-electron chi connectivity index (χ3n) is 4.52. The van der Waals surface area contributed by atoms with Crippen molar-refractivity contribution >= 4 is 34.5 Å². The topological polar surface area (TPSA) is 93.2 Å². The zero-order valence-corrected chi connectivity index (χ0v) is 15.8. The lowest BCUT2D eigenvalue weighted by Gasteiger charge is -2.36. The minimum Gasteiger partial charge on any atom is -0.352 e. The molecule has 0 unspecified atom stereocenters. The Balaban J connectivity index is 1.70. The second kappa shape index (κ2) is 7.57. The molecular weight excluding hydrogens is 338 g/mol. The maximum absolute atomic E-state index is 12.5. The molecule has 2 aromatic heterocycles. The first-order valence-electron chi connectivity index (χ1n) is 8.46. The van der Waals surface area contributed by atoms with Crippen molar-refractivity contribution in [2.24, 2.45) is 12.8 Å². The fourth-order valence-electron chi connectivity index (χ4n) is 3.10. The molecule has 9 heteroatoms. The van der Waals surface area contributed by atoms with Gasteiger partial charge in [0.2, 0.25) is 5.91 Å². The molecule has 0 spiro atoms. The highest BCUT2D eigenvalue weighted by atomic mass is 32.2. The lowest BCUT2D eigenvalue weighted by Crippen LogP contribution is -2.53. The van der Waals surface area contributed by atoms with Crippen LogP contribution in [-0.2, 0) is 11.8 Å². The van der Waals surface area contributed by atoms with Crippen LogP contribution < -0.4 is 10.6 Å². The van der Waals surface area contributed by atoms with Gasteiger partial charge < -0.3 is 15.5 Å². The third-order valence-corrected chi connectivity index (χ3v) is 5.17. The minimum absolute atomic E-state index is 0.0547. The van der Waals surface area contributed by atoms with Gasteiger partial charge in [0.15, 0.2) is 5.65 Å². The van der Waals surface area contributed by atoms with Gasteiger partial charge in [-0.15, -0.1) is 0 Å². The molecule has 0 aromatic carbocycles. The van der Waals surface area contributed by atoms with Crippen molar-refractivity contribution in [3.05, 3.63) is 12.0 Å². The van der Waals surface area contributed by atoms with Crippen LogP contribution in [0.2, 0.25) is 0 Å². The average Bonchev–Trinajstić information content (AvgIpc) is 2.99. The molecule has 1 aliphatic rings. The zero-order valence-electron chi connectivity index (χ0n) is 15.0. The summed E-state index contributed by atoms with van der Waals surface area (Å²) in [5.74, 6) is 2.59. The van der Waals surface area contributed by atoms with Crippen LogP contribution >= 0.6 is 11.8 Å². The average molecular weight is 363 g/mol. The van der Waals surface area contributed by atoms with Gasteiger partial charge in [0.25, 0.3) is 0 Å². The largest absolute Gasteiger partial charge is 0.352 e. The van der Waals surface area contributed by atoms with Gasteiger partial charge in [-0.05, 0) is 25.4 Å². The summed E-state index contributed by atoms with van der Waals surface area (Å²) in [6.45, 7) is 4.69. The predicted molar refractivity (Wildman–Crippen MR) is 101 cm³/mol. The Hall–Kier alpha value is -1.87. The van der Waals surface area contributed by atoms with E-state index >= 15 is 0 Å². The first kappa shape index (κ1) is 17.9. The number of amides is 1. The van der Waals surface area contributed by atoms with E-state index in [4.69, 9.17) is 5.73 Å². The maximum atomic E-state index is 12.5. The Morgan fingerprint density at radius 1 is 1.32 bits per heavy atom. The van der Waals surface area contributed by atoms with Crippen LogP contribution in [-0.4, -0.2) is 74.8 Å². The summed E-state index contributed by atoms with van der Waals surface area (Å²) in [7, 11) is 1.88. The van der Waals surface area contributed by atoms with Crippen molar-refractivity contribution < 1.29 is 4.79 Å². The van der Waals surface area contributed by atoms with E-state index in [0.717, 1.165) is 47.9 Å². The zero-order chi connectivity index (χ0) is 18.0. The lowest BCUT2D eigenvalue weighted by atomic mass is 10.2. The van der Waals surface area contributed by atoms with E-state index < -0.39 is 6.04 Å². The highest BCUT2D eigenvalue weighted by molar-refractivity contribution is 7.98. The number of thioether (sulfide) groups is 1. The smallest absolute Gasteiger partial charge is 0.239 e. The number of nitrogens with two attached hydrogens (primary N) is 1. The number of hydrogen-bond donors (Lipinski definition) is 1. The lowest BCUT2D eigenvalue weighted by molar-refractivity contribution is -0.132. The van der Waals surface area contributed by atoms with Gasteiger partial charge >= 0.3 is 0 Å². The van der Waals surface area contributed by atoms with Gasteiger partial charge in [-0.1, -0.05) is 0 Å². The second-order valence-corrected chi connectivity index (χ2v) is 7.29. The van der Waals surface area contributed by atoms with Crippen LogP contribution in [0.1, 0.15) is 12.2 Å². The maximum Gasteiger partial charge on any atom is 0.239 e. The van der Waals surface area contributed by atoms with Gasteiger partial charge in [0.05, 0.1) is 17.6 Å². The molecule has 1 aliphatic heterocycles. The first-order chi connectivity index (χ1) is 12.0. The van der Waals surface area contributed by atoms with Crippen LogP contribution in [0.25, 0.3) is 11.0 Å². The highest BCUT2D eigenvalue weighted by Crippen LogP contribution is 2.24. The van der Waals surface area contributed by atoms with Gasteiger partial charge in [0, 0.05) is 33.2 Å². The van der Waals surface area contributed by atoms with E-state index in [2.05, 4.69) is 20.0 Å². The molecule has 2 N–H and O–H groups in total. The summed E-state index contributed by atoms with van der Waals surface area (Å²) in [6, 6.07) is -0.398. The van der Waals surface area contributed by atoms with E-state index in [0.29, 0.717) is 13.1 Å². The Labute approximate surface area is 151 Å². The van der Waals surface area contributed by atoms with E-state index in [1.807, 2.05) is 25.1 Å². The fourth-order valence-corrected chi connectivity index (χ4v) is 3.59. The SMILES string of the molecule is CSCC[C@H](N)C(=O)N1CCN(c2nc(C)nc3c2cnn3C)CC1. The summed E-state index contributed by atoms with van der Waals surface area (Å²) in [6.07, 6.45) is 4.56. The highest BCUT2D eigenvalue weighted by Gasteiger charge is 2.26. The number of nitrogens with zero attached hydrogens (tertiary/aromatic N) is 6. The van der Waals surface area contributed by atoms with E-state index in [1.54, 1.807) is 22.6 Å². The molecule has 136 valence electrons. The van der Waals surface area contributed by atoms with Crippen LogP contribution in [0.5, 0.6) is 0 Å². The van der Waals surface area contributed by atoms with Gasteiger partial charge in [0.1, 0.15) is 11.6 Å². The molecule has 1 atom stereocenters. The quantitative estimate of drug-likeness (QED) is 0.822. The van der Waals surface area contributed by atoms with Crippen LogP contribution in [0.4, 0.5) is 5.82 Å². The van der Waals surface area contributed by atoms with Crippen LogP contribution in [0.15, 0.2) is 6.20 Å². The molecule has 25 heavy (non-hydrogen) atoms. The van der Waals surface area contributed by atoms with Crippen LogP contribution in [0, 0.1) is 6.92 Å². The Morgan fingerprint density at radius 3 is 2.72 bits per heavy atom. The predicted octanol–water partition coefficient (Wildman–Crippen LogP) is 0.401. The number of piperazine rings is 1. The summed E-state index contributed by atoms with van der Waals surface area (Å²) >= 11 is 1.72. The third kappa shape index (κ3) is 3.72. The van der Waals surface area contributed by atoms with Gasteiger partial charge in [-0.2, -0.15) is 16.9 Å². The summed E-state index contributed by atoms with van der Waals surface area (Å²) in [4.78, 5) is 25.6. The molecule has 1 fully saturated rings. The number of hydrogen-bond acceptors (Lipinski definition) is 7. The molecule has 1 amide bonds. The van der Waals surface area contributed by atoms with Crippen molar-refractivity contribution in [3.8, 4) is 0 Å². The van der Waals surface area contributed by atoms with Crippen molar-refractivity contribution in [3.63, 3.8) is 0 Å². The Kier molecular flexibility index (Phi) is 5.43. The van der Waals surface area contributed by atoms with Crippen molar-refractivity contribution in [2.75, 3.05) is 43.1 Å². The molecule has 0 saturated carbocycles. The molecule has 3 heterocycles. The molecule has 0 radical (unpaired) electrons. The number of anilines is 1. The molecule has 0 bridgehead atoms. The van der Waals surface area contributed by atoms with E-state index in [9.17, 15) is 4.79 Å². The summed E-state index contributed by atoms with van der Waals surface area (Å²) < 4.78 is 1.76. The molecule has 2 aromatic rings. The molecule has 3 rings (SSSR count).